The van der Waals surface area contributed by atoms with Crippen LogP contribution in [0.25, 0.3) is 0 Å². The highest BCUT2D eigenvalue weighted by atomic mass is 35.5. The lowest BCUT2D eigenvalue weighted by Crippen LogP contribution is -2.41. The predicted octanol–water partition coefficient (Wildman–Crippen LogP) is 3.70. The van der Waals surface area contributed by atoms with Crippen LogP contribution in [0, 0.1) is 5.92 Å². The molecule has 7 nitrogen and oxygen atoms in total. The number of aromatic nitrogens is 1. The van der Waals surface area contributed by atoms with Crippen molar-refractivity contribution in [3.8, 4) is 0 Å². The zero-order valence-electron chi connectivity index (χ0n) is 18.1. The van der Waals surface area contributed by atoms with Gasteiger partial charge < -0.3 is 14.5 Å². The molecule has 1 saturated heterocycles. The van der Waals surface area contributed by atoms with E-state index >= 15 is 0 Å². The first-order chi connectivity index (χ1) is 14.9. The summed E-state index contributed by atoms with van der Waals surface area (Å²) in [6.07, 6.45) is 1.42. The molecular formula is C22H30Cl2N4O3. The quantitative estimate of drug-likeness (QED) is 0.572. The summed E-state index contributed by atoms with van der Waals surface area (Å²) in [4.78, 5) is 21.3. The zero-order chi connectivity index (χ0) is 22.2. The highest BCUT2D eigenvalue weighted by Crippen LogP contribution is 2.23. The minimum absolute atomic E-state index is 0.215. The van der Waals surface area contributed by atoms with Gasteiger partial charge in [-0.25, -0.2) is 4.98 Å². The molecule has 0 bridgehead atoms. The number of amides is 1. The van der Waals surface area contributed by atoms with Crippen molar-refractivity contribution in [3.05, 3.63) is 51.7 Å². The summed E-state index contributed by atoms with van der Waals surface area (Å²) >= 11 is 12.3. The molecule has 1 aromatic carbocycles. The molecule has 0 aliphatic carbocycles. The van der Waals surface area contributed by atoms with E-state index in [0.717, 1.165) is 45.0 Å². The first kappa shape index (κ1) is 24.0. The Kier molecular flexibility index (Phi) is 9.16. The topological polar surface area (TPSA) is 70.8 Å². The molecule has 0 saturated carbocycles. The highest BCUT2D eigenvalue weighted by molar-refractivity contribution is 6.42. The van der Waals surface area contributed by atoms with Gasteiger partial charge in [-0.15, -0.1) is 0 Å². The molecule has 0 spiro atoms. The number of hydrogen-bond acceptors (Lipinski definition) is 6. The van der Waals surface area contributed by atoms with Gasteiger partial charge in [0, 0.05) is 39.3 Å². The Morgan fingerprint density at radius 1 is 1.23 bits per heavy atom. The van der Waals surface area contributed by atoms with Crippen molar-refractivity contribution in [3.63, 3.8) is 0 Å². The van der Waals surface area contributed by atoms with Gasteiger partial charge in [-0.3, -0.25) is 14.6 Å². The number of hydrogen-bond donors (Lipinski definition) is 1. The Morgan fingerprint density at radius 3 is 2.71 bits per heavy atom. The third-order valence-electron chi connectivity index (χ3n) is 5.04. The molecule has 9 heteroatoms. The summed E-state index contributed by atoms with van der Waals surface area (Å²) in [7, 11) is 0. The molecule has 0 atom stereocenters. The third-order valence-corrected chi connectivity index (χ3v) is 5.78. The normalized spacial score (nSPS) is 15.0. The first-order valence-electron chi connectivity index (χ1n) is 10.6. The molecule has 1 N–H and O–H groups in total. The molecule has 31 heavy (non-hydrogen) atoms. The Hall–Kier alpha value is -1.64. The number of benzene rings is 1. The van der Waals surface area contributed by atoms with Gasteiger partial charge in [-0.2, -0.15) is 0 Å². The molecule has 0 radical (unpaired) electrons. The second kappa shape index (κ2) is 11.8. The van der Waals surface area contributed by atoms with Gasteiger partial charge in [0.2, 0.25) is 5.89 Å². The number of nitrogens with zero attached hydrogens (tertiary/aromatic N) is 3. The molecule has 170 valence electrons. The van der Waals surface area contributed by atoms with Crippen LogP contribution in [0.2, 0.25) is 10.0 Å². The summed E-state index contributed by atoms with van der Waals surface area (Å²) in [5.41, 5.74) is 1.36. The van der Waals surface area contributed by atoms with E-state index in [4.69, 9.17) is 32.4 Å². The van der Waals surface area contributed by atoms with Crippen molar-refractivity contribution in [2.75, 3.05) is 45.9 Å². The molecule has 2 heterocycles. The molecule has 3 rings (SSSR count). The SMILES string of the molecule is CC(C)CNC(=O)c1coc(CN(CCN2CCOCC2)Cc2ccc(Cl)c(Cl)c2)n1. The predicted molar refractivity (Wildman–Crippen MR) is 122 cm³/mol. The van der Waals surface area contributed by atoms with Gasteiger partial charge in [-0.1, -0.05) is 43.1 Å². The van der Waals surface area contributed by atoms with E-state index in [2.05, 4.69) is 20.1 Å². The maximum absolute atomic E-state index is 12.2. The number of carbonyl (C=O) groups is 1. The standard InChI is InChI=1S/C22H30Cl2N4O3/c1-16(2)12-25-22(29)20-15-31-21(26-20)14-28(6-5-27-7-9-30-10-8-27)13-17-3-4-18(23)19(24)11-17/h3-4,11,15-16H,5-10,12-14H2,1-2H3,(H,25,29). The number of halogens is 2. The van der Waals surface area contributed by atoms with Crippen molar-refractivity contribution in [2.45, 2.75) is 26.9 Å². The van der Waals surface area contributed by atoms with E-state index in [1.165, 1.54) is 6.26 Å². The number of oxazole rings is 1. The highest BCUT2D eigenvalue weighted by Gasteiger charge is 2.18. The average molecular weight is 469 g/mol. The number of rotatable bonds is 10. The van der Waals surface area contributed by atoms with E-state index < -0.39 is 0 Å². The van der Waals surface area contributed by atoms with Crippen LogP contribution in [-0.2, 0) is 17.8 Å². The fourth-order valence-corrected chi connectivity index (χ4v) is 3.60. The molecule has 1 amide bonds. The average Bonchev–Trinajstić information content (AvgIpc) is 3.22. The van der Waals surface area contributed by atoms with E-state index in [1.54, 1.807) is 0 Å². The molecule has 1 fully saturated rings. The van der Waals surface area contributed by atoms with Crippen LogP contribution in [-0.4, -0.2) is 66.6 Å². The van der Waals surface area contributed by atoms with Crippen LogP contribution in [0.15, 0.2) is 28.9 Å². The van der Waals surface area contributed by atoms with Gasteiger partial charge in [0.25, 0.3) is 5.91 Å². The van der Waals surface area contributed by atoms with Crippen molar-refractivity contribution in [1.29, 1.82) is 0 Å². The second-order valence-corrected chi connectivity index (χ2v) is 8.96. The Bertz CT molecular complexity index is 853. The van der Waals surface area contributed by atoms with Crippen molar-refractivity contribution < 1.29 is 13.9 Å². The van der Waals surface area contributed by atoms with Gasteiger partial charge in [0.1, 0.15) is 6.26 Å². The lowest BCUT2D eigenvalue weighted by atomic mass is 10.2. The van der Waals surface area contributed by atoms with Crippen molar-refractivity contribution in [1.82, 2.24) is 20.1 Å². The summed E-state index contributed by atoms with van der Waals surface area (Å²) in [6, 6.07) is 5.66. The van der Waals surface area contributed by atoms with Crippen LogP contribution in [0.1, 0.15) is 35.8 Å². The number of ether oxygens (including phenoxy) is 1. The van der Waals surface area contributed by atoms with E-state index in [1.807, 2.05) is 32.0 Å². The maximum atomic E-state index is 12.2. The van der Waals surface area contributed by atoms with Crippen LogP contribution >= 0.6 is 23.2 Å². The van der Waals surface area contributed by atoms with Gasteiger partial charge in [0.05, 0.1) is 29.8 Å². The van der Waals surface area contributed by atoms with Gasteiger partial charge in [-0.05, 0) is 23.6 Å². The van der Waals surface area contributed by atoms with Crippen molar-refractivity contribution in [2.24, 2.45) is 5.92 Å². The lowest BCUT2D eigenvalue weighted by Gasteiger charge is -2.29. The molecular weight excluding hydrogens is 439 g/mol. The minimum atomic E-state index is -0.215. The fourth-order valence-electron chi connectivity index (χ4n) is 3.28. The fraction of sp³-hybridized carbons (Fsp3) is 0.545. The lowest BCUT2D eigenvalue weighted by molar-refractivity contribution is 0.0320. The largest absolute Gasteiger partial charge is 0.447 e. The first-order valence-corrected chi connectivity index (χ1v) is 11.4. The molecule has 2 aromatic rings. The molecule has 1 aromatic heterocycles. The van der Waals surface area contributed by atoms with Crippen LogP contribution in [0.5, 0.6) is 0 Å². The Labute approximate surface area is 193 Å². The molecule has 1 aliphatic rings. The van der Waals surface area contributed by atoms with Crippen molar-refractivity contribution >= 4 is 29.1 Å². The molecule has 1 aliphatic heterocycles. The summed E-state index contributed by atoms with van der Waals surface area (Å²) in [5, 5.41) is 3.94. The Morgan fingerprint density at radius 2 is 2.00 bits per heavy atom. The van der Waals surface area contributed by atoms with E-state index in [9.17, 15) is 4.79 Å². The second-order valence-electron chi connectivity index (χ2n) is 8.14. The summed E-state index contributed by atoms with van der Waals surface area (Å²) in [5.74, 6) is 0.669. The van der Waals surface area contributed by atoms with Gasteiger partial charge in [0.15, 0.2) is 5.69 Å². The summed E-state index contributed by atoms with van der Waals surface area (Å²) in [6.45, 7) is 11.0. The van der Waals surface area contributed by atoms with E-state index in [0.29, 0.717) is 47.2 Å². The van der Waals surface area contributed by atoms with E-state index in [-0.39, 0.29) is 5.91 Å². The maximum Gasteiger partial charge on any atom is 0.273 e. The van der Waals surface area contributed by atoms with Crippen LogP contribution in [0.4, 0.5) is 0 Å². The number of nitrogens with one attached hydrogen (secondary N) is 1. The third kappa shape index (κ3) is 7.77. The zero-order valence-corrected chi connectivity index (χ0v) is 19.6. The molecule has 0 unspecified atom stereocenters. The monoisotopic (exact) mass is 468 g/mol. The minimum Gasteiger partial charge on any atom is -0.447 e. The smallest absolute Gasteiger partial charge is 0.273 e. The van der Waals surface area contributed by atoms with Gasteiger partial charge >= 0.3 is 0 Å². The number of carbonyl (C=O) groups excluding carboxylic acids is 1. The Balaban J connectivity index is 1.65. The number of morpholine rings is 1. The van der Waals surface area contributed by atoms with Crippen LogP contribution < -0.4 is 5.32 Å². The van der Waals surface area contributed by atoms with Crippen LogP contribution in [0.3, 0.4) is 0 Å². The summed E-state index contributed by atoms with van der Waals surface area (Å²) < 4.78 is 11.0.